The number of rotatable bonds is 2. The quantitative estimate of drug-likeness (QED) is 0.559. The van der Waals surface area contributed by atoms with E-state index in [0.29, 0.717) is 6.61 Å². The first-order chi connectivity index (χ1) is 4.69. The van der Waals surface area contributed by atoms with Gasteiger partial charge in [0.25, 0.3) is 0 Å². The summed E-state index contributed by atoms with van der Waals surface area (Å²) in [5.74, 6) is -0.0752. The van der Waals surface area contributed by atoms with Gasteiger partial charge >= 0.3 is 5.97 Å². The maximum absolute atomic E-state index is 11.1. The molecule has 0 saturated carbocycles. The number of carbonyl (C=O) groups is 1. The Morgan fingerprint density at radius 1 is 1.70 bits per heavy atom. The first-order valence-corrected chi connectivity index (χ1v) is 3.57. The van der Waals surface area contributed by atoms with Crippen molar-refractivity contribution in [2.24, 2.45) is 5.41 Å². The minimum absolute atomic E-state index is 0.0752. The van der Waals surface area contributed by atoms with E-state index in [1.54, 1.807) is 0 Å². The molecule has 0 unspecified atom stereocenters. The zero-order valence-electron chi connectivity index (χ0n) is 6.44. The molecule has 3 heteroatoms. The molecule has 0 bridgehead atoms. The molecule has 1 aliphatic heterocycles. The normalized spacial score (nSPS) is 21.4. The molecule has 10 heavy (non-hydrogen) atoms. The van der Waals surface area contributed by atoms with Crippen molar-refractivity contribution in [1.29, 1.82) is 0 Å². The Bertz CT molecular complexity index is 141. The van der Waals surface area contributed by atoms with Crippen molar-refractivity contribution in [3.8, 4) is 0 Å². The van der Waals surface area contributed by atoms with Crippen molar-refractivity contribution in [3.05, 3.63) is 0 Å². The lowest BCUT2D eigenvalue weighted by atomic mass is 9.84. The van der Waals surface area contributed by atoms with Gasteiger partial charge < -0.3 is 10.1 Å². The van der Waals surface area contributed by atoms with E-state index in [9.17, 15) is 4.79 Å². The van der Waals surface area contributed by atoms with Gasteiger partial charge in [0, 0.05) is 13.1 Å². The molecule has 0 aromatic carbocycles. The van der Waals surface area contributed by atoms with E-state index >= 15 is 0 Å². The molecule has 1 saturated heterocycles. The van der Waals surface area contributed by atoms with Gasteiger partial charge in [-0.15, -0.1) is 0 Å². The Kier molecular flexibility index (Phi) is 1.94. The minimum atomic E-state index is -0.240. The summed E-state index contributed by atoms with van der Waals surface area (Å²) in [4.78, 5) is 11.1. The molecule has 1 N–H and O–H groups in total. The lowest BCUT2D eigenvalue weighted by molar-refractivity contribution is -0.157. The van der Waals surface area contributed by atoms with Crippen LogP contribution >= 0.6 is 0 Å². The van der Waals surface area contributed by atoms with Gasteiger partial charge in [-0.25, -0.2) is 0 Å². The Morgan fingerprint density at radius 3 is 2.60 bits per heavy atom. The zero-order chi connectivity index (χ0) is 7.61. The van der Waals surface area contributed by atoms with E-state index in [-0.39, 0.29) is 11.4 Å². The molecule has 1 aliphatic rings. The summed E-state index contributed by atoms with van der Waals surface area (Å²) in [6, 6.07) is 0. The Morgan fingerprint density at radius 2 is 2.30 bits per heavy atom. The molecular weight excluding hydrogens is 130 g/mol. The van der Waals surface area contributed by atoms with Crippen LogP contribution in [0.3, 0.4) is 0 Å². The fourth-order valence-electron chi connectivity index (χ4n) is 0.950. The summed E-state index contributed by atoms with van der Waals surface area (Å²) >= 11 is 0. The fourth-order valence-corrected chi connectivity index (χ4v) is 0.950. The second kappa shape index (κ2) is 2.58. The highest BCUT2D eigenvalue weighted by atomic mass is 16.5. The molecule has 0 radical (unpaired) electrons. The standard InChI is InChI=1S/C7H13NO2/c1-3-10-6(9)7(2)4-8-5-7/h8H,3-5H2,1-2H3. The topological polar surface area (TPSA) is 38.3 Å². The second-order valence-corrected chi connectivity index (χ2v) is 2.88. The summed E-state index contributed by atoms with van der Waals surface area (Å²) in [5.41, 5.74) is -0.240. The van der Waals surface area contributed by atoms with Gasteiger partial charge in [0.2, 0.25) is 0 Å². The predicted molar refractivity (Wildman–Crippen MR) is 37.6 cm³/mol. The molecule has 1 heterocycles. The largest absolute Gasteiger partial charge is 0.465 e. The number of hydrogen-bond acceptors (Lipinski definition) is 3. The highest BCUT2D eigenvalue weighted by molar-refractivity contribution is 5.78. The van der Waals surface area contributed by atoms with Crippen LogP contribution in [0.15, 0.2) is 0 Å². The third-order valence-corrected chi connectivity index (χ3v) is 1.80. The third-order valence-electron chi connectivity index (χ3n) is 1.80. The van der Waals surface area contributed by atoms with Crippen LogP contribution in [0.4, 0.5) is 0 Å². The Labute approximate surface area is 60.7 Å². The molecule has 0 atom stereocenters. The van der Waals surface area contributed by atoms with Gasteiger partial charge in [-0.3, -0.25) is 4.79 Å². The van der Waals surface area contributed by atoms with Gasteiger partial charge in [-0.2, -0.15) is 0 Å². The van der Waals surface area contributed by atoms with Gasteiger partial charge in [0.05, 0.1) is 12.0 Å². The maximum Gasteiger partial charge on any atom is 0.314 e. The average Bonchev–Trinajstić information content (AvgIpc) is 1.83. The van der Waals surface area contributed by atoms with Crippen molar-refractivity contribution in [3.63, 3.8) is 0 Å². The van der Waals surface area contributed by atoms with Gasteiger partial charge in [0.15, 0.2) is 0 Å². The predicted octanol–water partition coefficient (Wildman–Crippen LogP) is 0.159. The van der Waals surface area contributed by atoms with E-state index < -0.39 is 0 Å². The smallest absolute Gasteiger partial charge is 0.314 e. The number of esters is 1. The van der Waals surface area contributed by atoms with Gasteiger partial charge in [-0.1, -0.05) is 0 Å². The molecule has 3 nitrogen and oxygen atoms in total. The number of nitrogens with one attached hydrogen (secondary N) is 1. The minimum Gasteiger partial charge on any atom is -0.465 e. The van der Waals surface area contributed by atoms with Crippen molar-refractivity contribution in [1.82, 2.24) is 5.32 Å². The van der Waals surface area contributed by atoms with Crippen LogP contribution in [0.2, 0.25) is 0 Å². The Balaban J connectivity index is 2.39. The van der Waals surface area contributed by atoms with Crippen LogP contribution in [0, 0.1) is 5.41 Å². The molecular formula is C7H13NO2. The highest BCUT2D eigenvalue weighted by Gasteiger charge is 2.40. The molecule has 0 aromatic rings. The van der Waals surface area contributed by atoms with Crippen molar-refractivity contribution in [2.45, 2.75) is 13.8 Å². The average molecular weight is 143 g/mol. The number of hydrogen-bond donors (Lipinski definition) is 1. The van der Waals surface area contributed by atoms with E-state index in [4.69, 9.17) is 4.74 Å². The van der Waals surface area contributed by atoms with Crippen LogP contribution in [0.1, 0.15) is 13.8 Å². The van der Waals surface area contributed by atoms with Crippen molar-refractivity contribution < 1.29 is 9.53 Å². The Hall–Kier alpha value is -0.570. The van der Waals surface area contributed by atoms with Gasteiger partial charge in [-0.05, 0) is 13.8 Å². The fraction of sp³-hybridized carbons (Fsp3) is 0.857. The van der Waals surface area contributed by atoms with Crippen LogP contribution in [-0.4, -0.2) is 25.7 Å². The molecule has 58 valence electrons. The summed E-state index contributed by atoms with van der Waals surface area (Å²) in [7, 11) is 0. The van der Waals surface area contributed by atoms with Crippen LogP contribution in [-0.2, 0) is 9.53 Å². The van der Waals surface area contributed by atoms with E-state index in [1.807, 2.05) is 13.8 Å². The highest BCUT2D eigenvalue weighted by Crippen LogP contribution is 2.22. The molecule has 0 aromatic heterocycles. The van der Waals surface area contributed by atoms with E-state index in [0.717, 1.165) is 13.1 Å². The summed E-state index contributed by atoms with van der Waals surface area (Å²) in [6.07, 6.45) is 0. The zero-order valence-corrected chi connectivity index (χ0v) is 6.44. The number of carbonyl (C=O) groups excluding carboxylic acids is 1. The maximum atomic E-state index is 11.1. The van der Waals surface area contributed by atoms with E-state index in [2.05, 4.69) is 5.32 Å². The number of ether oxygens (including phenoxy) is 1. The monoisotopic (exact) mass is 143 g/mol. The van der Waals surface area contributed by atoms with Crippen LogP contribution in [0.5, 0.6) is 0 Å². The van der Waals surface area contributed by atoms with E-state index in [1.165, 1.54) is 0 Å². The van der Waals surface area contributed by atoms with Crippen LogP contribution in [0.25, 0.3) is 0 Å². The third kappa shape index (κ3) is 1.14. The van der Waals surface area contributed by atoms with Crippen molar-refractivity contribution >= 4 is 5.97 Å². The summed E-state index contributed by atoms with van der Waals surface area (Å²) in [6.45, 7) is 5.74. The van der Waals surface area contributed by atoms with Gasteiger partial charge in [0.1, 0.15) is 0 Å². The first-order valence-electron chi connectivity index (χ1n) is 3.57. The first kappa shape index (κ1) is 7.54. The molecule has 1 rings (SSSR count). The molecule has 1 fully saturated rings. The lowest BCUT2D eigenvalue weighted by Gasteiger charge is -2.36. The summed E-state index contributed by atoms with van der Waals surface area (Å²) < 4.78 is 4.87. The van der Waals surface area contributed by atoms with Crippen molar-refractivity contribution in [2.75, 3.05) is 19.7 Å². The van der Waals surface area contributed by atoms with Crippen LogP contribution < -0.4 is 5.32 Å². The second-order valence-electron chi connectivity index (χ2n) is 2.88. The summed E-state index contributed by atoms with van der Waals surface area (Å²) in [5, 5.41) is 3.04. The lowest BCUT2D eigenvalue weighted by Crippen LogP contribution is -2.56. The molecule has 0 aliphatic carbocycles. The molecule has 0 amide bonds. The SMILES string of the molecule is CCOC(=O)C1(C)CNC1. The molecule has 0 spiro atoms.